The first-order valence-electron chi connectivity index (χ1n) is 8.70. The minimum atomic E-state index is 0.164. The van der Waals surface area contributed by atoms with Crippen molar-refractivity contribution in [1.82, 2.24) is 9.78 Å². The van der Waals surface area contributed by atoms with E-state index in [-0.39, 0.29) is 5.75 Å². The Balaban J connectivity index is 0.000000166. The smallest absolute Gasteiger partial charge is 0.117 e. The average molecular weight is 359 g/mol. The lowest BCUT2D eigenvalue weighted by molar-refractivity contribution is 0.475. The fourth-order valence-corrected chi connectivity index (χ4v) is 3.06. The molecular weight excluding hydrogens is 338 g/mol. The van der Waals surface area contributed by atoms with Crippen LogP contribution >= 0.6 is 0 Å². The molecule has 1 aliphatic rings. The molecule has 3 N–H and O–H groups in total. The van der Waals surface area contributed by atoms with Crippen LogP contribution in [-0.2, 0) is 19.9 Å². The highest BCUT2D eigenvalue weighted by Gasteiger charge is 2.09. The number of anilines is 2. The van der Waals surface area contributed by atoms with Gasteiger partial charge >= 0.3 is 0 Å². The van der Waals surface area contributed by atoms with Gasteiger partial charge in [0, 0.05) is 31.1 Å². The van der Waals surface area contributed by atoms with Gasteiger partial charge in [-0.2, -0.15) is 10.4 Å². The first-order chi connectivity index (χ1) is 13.1. The normalized spacial score (nSPS) is 11.7. The Morgan fingerprint density at radius 2 is 2.04 bits per heavy atom. The lowest BCUT2D eigenvalue weighted by atomic mass is 10.1. The number of rotatable bonds is 3. The molecule has 0 saturated heterocycles. The molecule has 0 amide bonds. The number of fused-ring (bicyclic) bond motifs is 1. The minimum Gasteiger partial charge on any atom is -0.508 e. The number of hydrogen-bond donors (Lipinski definition) is 3. The van der Waals surface area contributed by atoms with Crippen LogP contribution in [0.15, 0.2) is 48.8 Å². The maximum Gasteiger partial charge on any atom is 0.117 e. The van der Waals surface area contributed by atoms with Gasteiger partial charge in [0.2, 0.25) is 0 Å². The summed E-state index contributed by atoms with van der Waals surface area (Å²) in [5.41, 5.74) is 5.82. The second kappa shape index (κ2) is 8.19. The second-order valence-corrected chi connectivity index (χ2v) is 6.39. The van der Waals surface area contributed by atoms with Gasteiger partial charge in [-0.15, -0.1) is 0 Å². The highest BCUT2D eigenvalue weighted by atomic mass is 16.3. The van der Waals surface area contributed by atoms with Gasteiger partial charge in [0.15, 0.2) is 0 Å². The lowest BCUT2D eigenvalue weighted by Gasteiger charge is -2.07. The maximum atomic E-state index is 9.38. The van der Waals surface area contributed by atoms with Gasteiger partial charge in [-0.05, 0) is 54.7 Å². The molecule has 2 aromatic carbocycles. The van der Waals surface area contributed by atoms with Crippen molar-refractivity contribution in [3.63, 3.8) is 0 Å². The van der Waals surface area contributed by atoms with E-state index in [2.05, 4.69) is 22.6 Å². The number of benzene rings is 2. The van der Waals surface area contributed by atoms with Gasteiger partial charge in [0.1, 0.15) is 5.75 Å². The number of nitrogens with one attached hydrogen (secondary N) is 2. The van der Waals surface area contributed by atoms with E-state index in [0.29, 0.717) is 11.3 Å². The molecule has 1 aromatic heterocycles. The summed E-state index contributed by atoms with van der Waals surface area (Å²) in [5, 5.41) is 32.4. The van der Waals surface area contributed by atoms with E-state index in [1.165, 1.54) is 30.2 Å². The summed E-state index contributed by atoms with van der Waals surface area (Å²) in [7, 11) is 1.82. The fourth-order valence-electron chi connectivity index (χ4n) is 3.06. The van der Waals surface area contributed by atoms with E-state index < -0.39 is 0 Å². The molecule has 0 bridgehead atoms. The highest BCUT2D eigenvalue weighted by Crippen LogP contribution is 2.24. The number of aryl methyl sites for hydroxylation is 3. The van der Waals surface area contributed by atoms with Crippen molar-refractivity contribution in [2.45, 2.75) is 19.3 Å². The summed E-state index contributed by atoms with van der Waals surface area (Å²) in [6.45, 7) is 0. The van der Waals surface area contributed by atoms with Crippen LogP contribution < -0.4 is 5.32 Å². The average Bonchev–Trinajstić information content (AvgIpc) is 3.30. The predicted molar refractivity (Wildman–Crippen MR) is 106 cm³/mol. The van der Waals surface area contributed by atoms with E-state index in [1.807, 2.05) is 25.4 Å². The zero-order chi connectivity index (χ0) is 19.2. The van der Waals surface area contributed by atoms with Gasteiger partial charge in [0.25, 0.3) is 0 Å². The van der Waals surface area contributed by atoms with Crippen molar-refractivity contribution in [2.75, 3.05) is 5.32 Å². The van der Waals surface area contributed by atoms with Crippen molar-refractivity contribution >= 4 is 17.6 Å². The molecule has 6 nitrogen and oxygen atoms in total. The summed E-state index contributed by atoms with van der Waals surface area (Å²) >= 11 is 0. The Morgan fingerprint density at radius 3 is 2.74 bits per heavy atom. The van der Waals surface area contributed by atoms with Crippen LogP contribution in [0.2, 0.25) is 0 Å². The molecule has 0 unspecified atom stereocenters. The number of aromatic nitrogens is 2. The van der Waals surface area contributed by atoms with E-state index in [0.717, 1.165) is 17.7 Å². The summed E-state index contributed by atoms with van der Waals surface area (Å²) in [4.78, 5) is 0. The molecule has 3 aromatic rings. The zero-order valence-electron chi connectivity index (χ0n) is 15.1. The maximum absolute atomic E-state index is 9.38. The summed E-state index contributed by atoms with van der Waals surface area (Å²) < 4.78 is 1.68. The largest absolute Gasteiger partial charge is 0.508 e. The topological polar surface area (TPSA) is 97.7 Å². The van der Waals surface area contributed by atoms with Gasteiger partial charge in [0.05, 0.1) is 29.2 Å². The van der Waals surface area contributed by atoms with Gasteiger partial charge in [-0.1, -0.05) is 6.07 Å². The van der Waals surface area contributed by atoms with E-state index in [4.69, 9.17) is 10.7 Å². The molecule has 27 heavy (non-hydrogen) atoms. The molecule has 1 heterocycles. The quantitative estimate of drug-likeness (QED) is 0.618. The summed E-state index contributed by atoms with van der Waals surface area (Å²) in [6.07, 6.45) is 8.34. The molecule has 6 heteroatoms. The van der Waals surface area contributed by atoms with Crippen LogP contribution in [0, 0.1) is 16.7 Å². The Kier molecular flexibility index (Phi) is 5.53. The molecule has 4 rings (SSSR count). The standard InChI is InChI=1S/C11H12N4O.C10H9N/c1-15-7-9(6-13-15)14-11-4-10(16)3-2-8(11)5-12;11-7-8-4-5-9-2-1-3-10(9)6-8/h2-7,12,14,16H,1H3;4-6H,1-3H2. The Labute approximate surface area is 158 Å². The fraction of sp³-hybridized carbons (Fsp3) is 0.190. The third-order valence-electron chi connectivity index (χ3n) is 4.40. The number of nitrogens with zero attached hydrogens (tertiary/aromatic N) is 3. The molecule has 0 fully saturated rings. The van der Waals surface area contributed by atoms with E-state index in [9.17, 15) is 5.11 Å². The van der Waals surface area contributed by atoms with Crippen LogP contribution in [0.25, 0.3) is 0 Å². The summed E-state index contributed by atoms with van der Waals surface area (Å²) in [5.74, 6) is 0.164. The monoisotopic (exact) mass is 359 g/mol. The number of hydrogen-bond acceptors (Lipinski definition) is 5. The highest BCUT2D eigenvalue weighted by molar-refractivity contribution is 5.87. The third kappa shape index (κ3) is 4.53. The van der Waals surface area contributed by atoms with Crippen molar-refractivity contribution < 1.29 is 5.11 Å². The van der Waals surface area contributed by atoms with Crippen LogP contribution in [0.3, 0.4) is 0 Å². The van der Waals surface area contributed by atoms with Crippen molar-refractivity contribution in [3.8, 4) is 11.8 Å². The molecule has 0 atom stereocenters. The van der Waals surface area contributed by atoms with Gasteiger partial charge in [-0.3, -0.25) is 4.68 Å². The van der Waals surface area contributed by atoms with Crippen molar-refractivity contribution in [2.24, 2.45) is 7.05 Å². The Bertz CT molecular complexity index is 1000. The van der Waals surface area contributed by atoms with Crippen molar-refractivity contribution in [3.05, 3.63) is 71.0 Å². The van der Waals surface area contributed by atoms with Crippen LogP contribution in [0.4, 0.5) is 11.4 Å². The SMILES string of the molecule is Cn1cc(Nc2cc(O)ccc2C=N)cn1.N#Cc1ccc2c(c1)CCC2. The molecule has 1 aliphatic carbocycles. The second-order valence-electron chi connectivity index (χ2n) is 6.39. The molecular formula is C21H21N5O. The molecule has 0 radical (unpaired) electrons. The number of phenols is 1. The number of aromatic hydroxyl groups is 1. The van der Waals surface area contributed by atoms with Crippen LogP contribution in [0.1, 0.15) is 28.7 Å². The molecule has 0 saturated carbocycles. The van der Waals surface area contributed by atoms with Gasteiger partial charge in [-0.25, -0.2) is 0 Å². The molecule has 136 valence electrons. The number of nitriles is 1. The third-order valence-corrected chi connectivity index (χ3v) is 4.40. The zero-order valence-corrected chi connectivity index (χ0v) is 15.1. The Morgan fingerprint density at radius 1 is 1.22 bits per heavy atom. The Hall–Kier alpha value is -3.59. The van der Waals surface area contributed by atoms with E-state index in [1.54, 1.807) is 29.1 Å². The van der Waals surface area contributed by atoms with Crippen molar-refractivity contribution in [1.29, 1.82) is 10.7 Å². The van der Waals surface area contributed by atoms with Crippen LogP contribution in [-0.4, -0.2) is 21.1 Å². The number of phenolic OH excluding ortho intramolecular Hbond substituents is 1. The molecule has 0 spiro atoms. The predicted octanol–water partition coefficient (Wildman–Crippen LogP) is 3.91. The first kappa shape index (κ1) is 18.2. The van der Waals surface area contributed by atoms with E-state index >= 15 is 0 Å². The lowest BCUT2D eigenvalue weighted by Crippen LogP contribution is -1.94. The summed E-state index contributed by atoms with van der Waals surface area (Å²) in [6, 6.07) is 13.0. The minimum absolute atomic E-state index is 0.164. The van der Waals surface area contributed by atoms with Crippen LogP contribution in [0.5, 0.6) is 5.75 Å². The first-order valence-corrected chi connectivity index (χ1v) is 8.70. The van der Waals surface area contributed by atoms with Gasteiger partial charge < -0.3 is 15.8 Å². The molecule has 0 aliphatic heterocycles.